The van der Waals surface area contributed by atoms with Crippen LogP contribution in [-0.2, 0) is 11.3 Å². The molecule has 2 fully saturated rings. The minimum atomic E-state index is 0.217. The van der Waals surface area contributed by atoms with Crippen molar-refractivity contribution in [3.63, 3.8) is 0 Å². The Hall–Kier alpha value is -1.39. The summed E-state index contributed by atoms with van der Waals surface area (Å²) in [6.07, 6.45) is 2.96. The highest BCUT2D eigenvalue weighted by Crippen LogP contribution is 2.24. The molecule has 0 aromatic heterocycles. The highest BCUT2D eigenvalue weighted by Gasteiger charge is 2.33. The van der Waals surface area contributed by atoms with E-state index in [1.807, 2.05) is 0 Å². The van der Waals surface area contributed by atoms with Gasteiger partial charge in [0.15, 0.2) is 0 Å². The van der Waals surface area contributed by atoms with Crippen LogP contribution in [-0.4, -0.2) is 42.5 Å². The highest BCUT2D eigenvalue weighted by molar-refractivity contribution is 5.77. The van der Waals surface area contributed by atoms with Crippen LogP contribution in [0.1, 0.15) is 38.7 Å². The molecule has 3 rings (SSSR count). The van der Waals surface area contributed by atoms with E-state index in [2.05, 4.69) is 59.7 Å². The zero-order valence-corrected chi connectivity index (χ0v) is 15.0. The van der Waals surface area contributed by atoms with Gasteiger partial charge in [-0.3, -0.25) is 9.69 Å². The Kier molecular flexibility index (Phi) is 5.90. The predicted octanol–water partition coefficient (Wildman–Crippen LogP) is 2.40. The lowest BCUT2D eigenvalue weighted by molar-refractivity contribution is -0.123. The first kappa shape index (κ1) is 17.4. The number of nitrogens with one attached hydrogen (secondary N) is 2. The molecule has 0 aliphatic carbocycles. The maximum absolute atomic E-state index is 12.4. The summed E-state index contributed by atoms with van der Waals surface area (Å²) in [4.78, 5) is 14.9. The number of piperidine rings is 1. The van der Waals surface area contributed by atoms with Gasteiger partial charge in [0.05, 0.1) is 0 Å². The van der Waals surface area contributed by atoms with E-state index in [0.717, 1.165) is 32.6 Å². The number of hydrogen-bond donors (Lipinski definition) is 2. The molecular weight excluding hydrogens is 298 g/mol. The molecule has 1 amide bonds. The van der Waals surface area contributed by atoms with E-state index in [-0.39, 0.29) is 5.91 Å². The van der Waals surface area contributed by atoms with Crippen LogP contribution in [0.2, 0.25) is 0 Å². The lowest BCUT2D eigenvalue weighted by Gasteiger charge is -2.42. The number of carbonyl (C=O) groups excluding carboxylic acids is 1. The molecule has 132 valence electrons. The number of carbonyl (C=O) groups is 1. The predicted molar refractivity (Wildman–Crippen MR) is 97.6 cm³/mol. The number of nitrogens with zero attached hydrogens (tertiary/aromatic N) is 1. The van der Waals surface area contributed by atoms with E-state index >= 15 is 0 Å². The van der Waals surface area contributed by atoms with Gasteiger partial charge in [0.1, 0.15) is 0 Å². The smallest absolute Gasteiger partial charge is 0.221 e. The van der Waals surface area contributed by atoms with Gasteiger partial charge >= 0.3 is 0 Å². The fraction of sp³-hybridized carbons (Fsp3) is 0.650. The van der Waals surface area contributed by atoms with Crippen LogP contribution in [0.3, 0.4) is 0 Å². The first-order chi connectivity index (χ1) is 11.6. The normalized spacial score (nSPS) is 31.1. The summed E-state index contributed by atoms with van der Waals surface area (Å²) in [7, 11) is 0. The Balaban J connectivity index is 1.50. The summed E-state index contributed by atoms with van der Waals surface area (Å²) < 4.78 is 0. The highest BCUT2D eigenvalue weighted by atomic mass is 16.1. The van der Waals surface area contributed by atoms with Gasteiger partial charge in [-0.25, -0.2) is 0 Å². The lowest BCUT2D eigenvalue weighted by atomic mass is 9.85. The molecule has 2 aliphatic rings. The molecule has 0 saturated carbocycles. The van der Waals surface area contributed by atoms with Crippen LogP contribution in [0.4, 0.5) is 0 Å². The van der Waals surface area contributed by atoms with Crippen LogP contribution >= 0.6 is 0 Å². The topological polar surface area (TPSA) is 44.4 Å². The van der Waals surface area contributed by atoms with Gasteiger partial charge in [-0.2, -0.15) is 0 Å². The first-order valence-corrected chi connectivity index (χ1v) is 9.41. The van der Waals surface area contributed by atoms with E-state index in [9.17, 15) is 4.79 Å². The van der Waals surface area contributed by atoms with Crippen molar-refractivity contribution in [1.82, 2.24) is 15.5 Å². The molecule has 2 saturated heterocycles. The largest absolute Gasteiger partial charge is 0.353 e. The van der Waals surface area contributed by atoms with E-state index in [1.54, 1.807) is 0 Å². The Morgan fingerprint density at radius 2 is 1.92 bits per heavy atom. The third-order valence-corrected chi connectivity index (χ3v) is 5.49. The minimum Gasteiger partial charge on any atom is -0.353 e. The molecular formula is C20H31N3O. The average molecular weight is 329 g/mol. The van der Waals surface area contributed by atoms with Crippen molar-refractivity contribution in [2.75, 3.05) is 19.6 Å². The maximum Gasteiger partial charge on any atom is 0.221 e. The molecule has 24 heavy (non-hydrogen) atoms. The first-order valence-electron chi connectivity index (χ1n) is 9.41. The summed E-state index contributed by atoms with van der Waals surface area (Å²) in [6, 6.07) is 11.3. The zero-order chi connectivity index (χ0) is 16.9. The molecule has 0 spiro atoms. The number of hydrogen-bond acceptors (Lipinski definition) is 3. The molecule has 0 bridgehead atoms. The Labute approximate surface area is 146 Å². The van der Waals surface area contributed by atoms with Crippen LogP contribution in [0.25, 0.3) is 0 Å². The molecule has 0 radical (unpaired) electrons. The van der Waals surface area contributed by atoms with Gasteiger partial charge in [-0.05, 0) is 36.8 Å². The molecule has 2 N–H and O–H groups in total. The summed E-state index contributed by atoms with van der Waals surface area (Å²) in [6.45, 7) is 8.70. The number of rotatable bonds is 5. The van der Waals surface area contributed by atoms with Crippen LogP contribution in [0.5, 0.6) is 0 Å². The maximum atomic E-state index is 12.4. The van der Waals surface area contributed by atoms with Crippen LogP contribution in [0, 0.1) is 11.8 Å². The van der Waals surface area contributed by atoms with Gasteiger partial charge in [0.2, 0.25) is 5.91 Å². The van der Waals surface area contributed by atoms with Crippen LogP contribution < -0.4 is 10.6 Å². The van der Waals surface area contributed by atoms with E-state index in [4.69, 9.17) is 0 Å². The van der Waals surface area contributed by atoms with Crippen molar-refractivity contribution in [3.8, 4) is 0 Å². The average Bonchev–Trinajstić information content (AvgIpc) is 3.05. The standard InChI is InChI=1S/C20H31N3O/c1-15-12-23(14-17-7-4-3-5-8-17)13-16(2)20(15)22-19(24)11-18-9-6-10-21-18/h3-5,7-8,15-16,18,20-21H,6,9-14H2,1-2H3,(H,22,24). The molecule has 2 heterocycles. The third-order valence-electron chi connectivity index (χ3n) is 5.49. The second kappa shape index (κ2) is 8.13. The number of benzene rings is 1. The fourth-order valence-corrected chi connectivity index (χ4v) is 4.33. The molecule has 3 atom stereocenters. The zero-order valence-electron chi connectivity index (χ0n) is 15.0. The van der Waals surface area contributed by atoms with Gasteiger partial charge in [-0.1, -0.05) is 44.2 Å². The van der Waals surface area contributed by atoms with Gasteiger partial charge < -0.3 is 10.6 Å². The SMILES string of the molecule is CC1CN(Cc2ccccc2)CC(C)C1NC(=O)CC1CCCN1. The van der Waals surface area contributed by atoms with E-state index in [0.29, 0.717) is 30.3 Å². The molecule has 1 aromatic rings. The van der Waals surface area contributed by atoms with E-state index < -0.39 is 0 Å². The molecule has 2 aliphatic heterocycles. The van der Waals surface area contributed by atoms with Crippen molar-refractivity contribution in [2.24, 2.45) is 11.8 Å². The Bertz CT molecular complexity index is 515. The lowest BCUT2D eigenvalue weighted by Crippen LogP contribution is -2.55. The molecule has 1 aromatic carbocycles. The Morgan fingerprint density at radius 3 is 2.54 bits per heavy atom. The number of amides is 1. The monoisotopic (exact) mass is 329 g/mol. The van der Waals surface area contributed by atoms with E-state index in [1.165, 1.54) is 12.0 Å². The van der Waals surface area contributed by atoms with Crippen molar-refractivity contribution >= 4 is 5.91 Å². The molecule has 4 nitrogen and oxygen atoms in total. The molecule has 4 heteroatoms. The summed E-state index contributed by atoms with van der Waals surface area (Å²) >= 11 is 0. The van der Waals surface area contributed by atoms with Crippen molar-refractivity contribution in [1.29, 1.82) is 0 Å². The Morgan fingerprint density at radius 1 is 1.21 bits per heavy atom. The second-order valence-electron chi connectivity index (χ2n) is 7.72. The van der Waals surface area contributed by atoms with Crippen molar-refractivity contribution in [2.45, 2.75) is 51.7 Å². The van der Waals surface area contributed by atoms with Gasteiger partial charge in [0, 0.05) is 38.1 Å². The van der Waals surface area contributed by atoms with Crippen molar-refractivity contribution in [3.05, 3.63) is 35.9 Å². The summed E-state index contributed by atoms with van der Waals surface area (Å²) in [5.74, 6) is 1.19. The minimum absolute atomic E-state index is 0.217. The van der Waals surface area contributed by atoms with Gasteiger partial charge in [0.25, 0.3) is 0 Å². The summed E-state index contributed by atoms with van der Waals surface area (Å²) in [5.41, 5.74) is 1.37. The molecule has 3 unspecified atom stereocenters. The quantitative estimate of drug-likeness (QED) is 0.872. The second-order valence-corrected chi connectivity index (χ2v) is 7.72. The number of likely N-dealkylation sites (tertiary alicyclic amines) is 1. The van der Waals surface area contributed by atoms with Crippen molar-refractivity contribution < 1.29 is 4.79 Å². The third kappa shape index (κ3) is 4.58. The fourth-order valence-electron chi connectivity index (χ4n) is 4.33. The summed E-state index contributed by atoms with van der Waals surface area (Å²) in [5, 5.41) is 6.74. The van der Waals surface area contributed by atoms with Gasteiger partial charge in [-0.15, -0.1) is 0 Å². The van der Waals surface area contributed by atoms with Crippen LogP contribution in [0.15, 0.2) is 30.3 Å².